The highest BCUT2D eigenvalue weighted by atomic mass is 127. The van der Waals surface area contributed by atoms with Gasteiger partial charge in [-0.05, 0) is 12.8 Å². The molecule has 136 valence electrons. The average Bonchev–Trinajstić information content (AvgIpc) is 2.53. The highest BCUT2D eigenvalue weighted by Gasteiger charge is 2.25. The SMILES string of the molecule is CN=C(NCCN1CCOCC1C)N1CCSC(C(C)C)C1.I. The van der Waals surface area contributed by atoms with Crippen LogP contribution in [0.5, 0.6) is 0 Å². The molecule has 0 amide bonds. The van der Waals surface area contributed by atoms with Crippen molar-refractivity contribution < 1.29 is 4.74 Å². The van der Waals surface area contributed by atoms with Gasteiger partial charge in [-0.1, -0.05) is 13.8 Å². The molecule has 5 nitrogen and oxygen atoms in total. The van der Waals surface area contributed by atoms with E-state index in [9.17, 15) is 0 Å². The van der Waals surface area contributed by atoms with E-state index in [4.69, 9.17) is 4.74 Å². The van der Waals surface area contributed by atoms with Crippen LogP contribution < -0.4 is 5.32 Å². The van der Waals surface area contributed by atoms with Crippen LogP contribution in [0.3, 0.4) is 0 Å². The number of halogens is 1. The summed E-state index contributed by atoms with van der Waals surface area (Å²) in [5.41, 5.74) is 0. The molecule has 7 heteroatoms. The molecule has 0 radical (unpaired) electrons. The number of rotatable bonds is 4. The molecule has 0 spiro atoms. The van der Waals surface area contributed by atoms with Gasteiger partial charge < -0.3 is 15.0 Å². The Labute approximate surface area is 163 Å². The Morgan fingerprint density at radius 1 is 1.39 bits per heavy atom. The highest BCUT2D eigenvalue weighted by Crippen LogP contribution is 2.24. The number of nitrogens with one attached hydrogen (secondary N) is 1. The van der Waals surface area contributed by atoms with Gasteiger partial charge in [0.25, 0.3) is 0 Å². The third-order valence-corrected chi connectivity index (χ3v) is 6.08. The van der Waals surface area contributed by atoms with Crippen molar-refractivity contribution in [3.63, 3.8) is 0 Å². The molecular weight excluding hydrogens is 423 g/mol. The summed E-state index contributed by atoms with van der Waals surface area (Å²) in [5.74, 6) is 2.98. The van der Waals surface area contributed by atoms with Crippen LogP contribution in [0.2, 0.25) is 0 Å². The number of hydrogen-bond acceptors (Lipinski definition) is 4. The maximum Gasteiger partial charge on any atom is 0.193 e. The molecule has 0 aromatic carbocycles. The first-order chi connectivity index (χ1) is 10.6. The molecule has 2 aliphatic rings. The van der Waals surface area contributed by atoms with Crippen LogP contribution in [0, 0.1) is 5.92 Å². The summed E-state index contributed by atoms with van der Waals surface area (Å²) >= 11 is 2.10. The lowest BCUT2D eigenvalue weighted by molar-refractivity contribution is 0.000826. The number of thioether (sulfide) groups is 1. The van der Waals surface area contributed by atoms with Gasteiger partial charge in [-0.3, -0.25) is 9.89 Å². The third kappa shape index (κ3) is 6.59. The smallest absolute Gasteiger partial charge is 0.193 e. The number of ether oxygens (including phenoxy) is 1. The van der Waals surface area contributed by atoms with E-state index in [1.807, 2.05) is 7.05 Å². The largest absolute Gasteiger partial charge is 0.379 e. The van der Waals surface area contributed by atoms with Crippen molar-refractivity contribution in [2.45, 2.75) is 32.1 Å². The van der Waals surface area contributed by atoms with Gasteiger partial charge in [0.15, 0.2) is 5.96 Å². The molecule has 0 saturated carbocycles. The molecule has 23 heavy (non-hydrogen) atoms. The zero-order chi connectivity index (χ0) is 15.9. The minimum Gasteiger partial charge on any atom is -0.379 e. The first-order valence-electron chi connectivity index (χ1n) is 8.50. The van der Waals surface area contributed by atoms with E-state index in [1.165, 1.54) is 5.75 Å². The van der Waals surface area contributed by atoms with Crippen molar-refractivity contribution in [2.75, 3.05) is 58.7 Å². The molecule has 2 unspecified atom stereocenters. The second-order valence-electron chi connectivity index (χ2n) is 6.53. The van der Waals surface area contributed by atoms with Gasteiger partial charge in [-0.25, -0.2) is 0 Å². The fourth-order valence-corrected chi connectivity index (χ4v) is 4.31. The topological polar surface area (TPSA) is 40.1 Å². The summed E-state index contributed by atoms with van der Waals surface area (Å²) in [6.07, 6.45) is 0. The van der Waals surface area contributed by atoms with E-state index in [1.54, 1.807) is 0 Å². The normalized spacial score (nSPS) is 27.0. The zero-order valence-corrected chi connectivity index (χ0v) is 18.1. The van der Waals surface area contributed by atoms with E-state index in [0.717, 1.165) is 57.8 Å². The van der Waals surface area contributed by atoms with Crippen molar-refractivity contribution in [3.8, 4) is 0 Å². The maximum absolute atomic E-state index is 5.49. The Morgan fingerprint density at radius 2 is 2.17 bits per heavy atom. The standard InChI is InChI=1S/C16H32N4OS.HI/c1-13(2)15-11-20(8-10-22-15)16(17-4)18-5-6-19-7-9-21-12-14(19)3;/h13-15H,5-12H2,1-4H3,(H,17,18);1H. The number of nitrogens with zero attached hydrogens (tertiary/aromatic N) is 3. The second-order valence-corrected chi connectivity index (χ2v) is 7.88. The highest BCUT2D eigenvalue weighted by molar-refractivity contribution is 14.0. The minimum absolute atomic E-state index is 0. The van der Waals surface area contributed by atoms with Crippen LogP contribution in [0.4, 0.5) is 0 Å². The summed E-state index contributed by atoms with van der Waals surface area (Å²) in [5, 5.41) is 4.27. The molecule has 2 saturated heterocycles. The predicted octanol–water partition coefficient (Wildman–Crippen LogP) is 1.97. The molecule has 2 fully saturated rings. The van der Waals surface area contributed by atoms with Crippen LogP contribution in [0.15, 0.2) is 4.99 Å². The number of aliphatic imine (C=N–C) groups is 1. The lowest BCUT2D eigenvalue weighted by Crippen LogP contribution is -2.51. The molecule has 2 heterocycles. The molecule has 0 bridgehead atoms. The van der Waals surface area contributed by atoms with Gasteiger partial charge in [-0.15, -0.1) is 24.0 Å². The Morgan fingerprint density at radius 3 is 2.83 bits per heavy atom. The molecule has 0 aliphatic carbocycles. The Hall–Kier alpha value is 0.270. The zero-order valence-electron chi connectivity index (χ0n) is 15.0. The fourth-order valence-electron chi connectivity index (χ4n) is 3.01. The van der Waals surface area contributed by atoms with Gasteiger partial charge in [-0.2, -0.15) is 11.8 Å². The van der Waals surface area contributed by atoms with Gasteiger partial charge in [0.2, 0.25) is 0 Å². The quantitative estimate of drug-likeness (QED) is 0.398. The maximum atomic E-state index is 5.49. The predicted molar refractivity (Wildman–Crippen MR) is 111 cm³/mol. The van der Waals surface area contributed by atoms with Crippen LogP contribution in [-0.4, -0.2) is 85.8 Å². The molecular formula is C16H33IN4OS. The lowest BCUT2D eigenvalue weighted by atomic mass is 10.1. The fraction of sp³-hybridized carbons (Fsp3) is 0.938. The van der Waals surface area contributed by atoms with E-state index < -0.39 is 0 Å². The average molecular weight is 456 g/mol. The minimum atomic E-state index is 0. The third-order valence-electron chi connectivity index (χ3n) is 4.54. The Kier molecular flexibility index (Phi) is 10.2. The van der Waals surface area contributed by atoms with Crippen molar-refractivity contribution >= 4 is 41.7 Å². The summed E-state index contributed by atoms with van der Waals surface area (Å²) in [6, 6.07) is 0.522. The number of guanidine groups is 1. The molecule has 2 aliphatic heterocycles. The van der Waals surface area contributed by atoms with Crippen LogP contribution in [0.25, 0.3) is 0 Å². The van der Waals surface area contributed by atoms with Crippen molar-refractivity contribution in [1.82, 2.24) is 15.1 Å². The molecule has 0 aromatic heterocycles. The summed E-state index contributed by atoms with van der Waals surface area (Å²) in [4.78, 5) is 9.40. The van der Waals surface area contributed by atoms with Gasteiger partial charge in [0.05, 0.1) is 13.2 Å². The van der Waals surface area contributed by atoms with Gasteiger partial charge >= 0.3 is 0 Å². The van der Waals surface area contributed by atoms with E-state index in [-0.39, 0.29) is 24.0 Å². The van der Waals surface area contributed by atoms with Crippen molar-refractivity contribution in [2.24, 2.45) is 10.9 Å². The lowest BCUT2D eigenvalue weighted by Gasteiger charge is -2.37. The Balaban J connectivity index is 0.00000264. The molecule has 2 atom stereocenters. The molecule has 1 N–H and O–H groups in total. The molecule has 0 aromatic rings. The summed E-state index contributed by atoms with van der Waals surface area (Å²) in [7, 11) is 1.89. The van der Waals surface area contributed by atoms with Crippen molar-refractivity contribution in [1.29, 1.82) is 0 Å². The summed E-state index contributed by atoms with van der Waals surface area (Å²) in [6.45, 7) is 13.8. The number of hydrogen-bond donors (Lipinski definition) is 1. The molecule has 2 rings (SSSR count). The Bertz CT molecular complexity index is 370. The van der Waals surface area contributed by atoms with Gasteiger partial charge in [0.1, 0.15) is 0 Å². The van der Waals surface area contributed by atoms with Crippen LogP contribution in [0.1, 0.15) is 20.8 Å². The van der Waals surface area contributed by atoms with Gasteiger partial charge in [0, 0.05) is 56.8 Å². The first kappa shape index (κ1) is 21.3. The van der Waals surface area contributed by atoms with E-state index in [0.29, 0.717) is 11.3 Å². The van der Waals surface area contributed by atoms with E-state index >= 15 is 0 Å². The summed E-state index contributed by atoms with van der Waals surface area (Å²) < 4.78 is 5.49. The monoisotopic (exact) mass is 456 g/mol. The van der Waals surface area contributed by atoms with Crippen molar-refractivity contribution in [3.05, 3.63) is 0 Å². The van der Waals surface area contributed by atoms with Crippen LogP contribution >= 0.6 is 35.7 Å². The van der Waals surface area contributed by atoms with E-state index in [2.05, 4.69) is 52.6 Å². The van der Waals surface area contributed by atoms with Crippen LogP contribution in [-0.2, 0) is 4.74 Å². The first-order valence-corrected chi connectivity index (χ1v) is 9.55. The second kappa shape index (κ2) is 11.0. The number of morpholine rings is 1.